The Morgan fingerprint density at radius 2 is 1.88 bits per heavy atom. The molecule has 3 rings (SSSR count). The van der Waals surface area contributed by atoms with Gasteiger partial charge in [-0.2, -0.15) is 0 Å². The van der Waals surface area contributed by atoms with Crippen molar-refractivity contribution in [3.8, 4) is 0 Å². The largest absolute Gasteiger partial charge is 0.616 e. The van der Waals surface area contributed by atoms with E-state index in [0.717, 1.165) is 24.3 Å². The van der Waals surface area contributed by atoms with E-state index in [1.807, 2.05) is 24.0 Å². The molecule has 1 atom stereocenters. The minimum atomic E-state index is -1.25. The van der Waals surface area contributed by atoms with Gasteiger partial charge in [-0.05, 0) is 43.6 Å². The summed E-state index contributed by atoms with van der Waals surface area (Å²) < 4.78 is 17.5. The molecule has 26 heavy (non-hydrogen) atoms. The molecule has 2 heterocycles. The van der Waals surface area contributed by atoms with Crippen LogP contribution >= 0.6 is 0 Å². The van der Waals surface area contributed by atoms with Crippen molar-refractivity contribution in [1.29, 1.82) is 0 Å². The van der Waals surface area contributed by atoms with Crippen LogP contribution in [0, 0.1) is 20.8 Å². The Morgan fingerprint density at radius 3 is 2.50 bits per heavy atom. The van der Waals surface area contributed by atoms with E-state index in [1.165, 1.54) is 11.3 Å². The predicted octanol–water partition coefficient (Wildman–Crippen LogP) is 2.20. The molecule has 0 spiro atoms. The third-order valence-corrected chi connectivity index (χ3v) is 6.04. The van der Waals surface area contributed by atoms with Crippen molar-refractivity contribution in [1.82, 2.24) is 10.1 Å². The fourth-order valence-electron chi connectivity index (χ4n) is 3.26. The highest BCUT2D eigenvalue weighted by Crippen LogP contribution is 2.21. The third-order valence-electron chi connectivity index (χ3n) is 4.86. The Labute approximate surface area is 157 Å². The van der Waals surface area contributed by atoms with Crippen LogP contribution in [0.1, 0.15) is 22.6 Å². The number of anilines is 1. The number of aryl methyl sites for hydroxylation is 3. The first-order chi connectivity index (χ1) is 12.5. The minimum Gasteiger partial charge on any atom is -0.616 e. The van der Waals surface area contributed by atoms with Gasteiger partial charge < -0.3 is 18.9 Å². The molecule has 0 saturated carbocycles. The lowest BCUT2D eigenvalue weighted by molar-refractivity contribution is -0.128. The van der Waals surface area contributed by atoms with Gasteiger partial charge in [-0.15, -0.1) is 0 Å². The molecule has 6 nitrogen and oxygen atoms in total. The molecule has 1 aliphatic heterocycles. The summed E-state index contributed by atoms with van der Waals surface area (Å²) in [6.07, 6.45) is 0. The van der Waals surface area contributed by atoms with Gasteiger partial charge in [-0.3, -0.25) is 4.79 Å². The van der Waals surface area contributed by atoms with E-state index in [0.29, 0.717) is 24.6 Å². The third kappa shape index (κ3) is 4.22. The smallest absolute Gasteiger partial charge is 0.272 e. The normalized spacial score (nSPS) is 16.0. The second-order valence-corrected chi connectivity index (χ2v) is 8.14. The van der Waals surface area contributed by atoms with Gasteiger partial charge in [0.05, 0.1) is 11.3 Å². The average molecular weight is 375 g/mol. The fraction of sp³-hybridized carbons (Fsp3) is 0.474. The lowest BCUT2D eigenvalue weighted by atomic mass is 10.1. The molecular weight excluding hydrogens is 350 g/mol. The molecule has 1 unspecified atom stereocenters. The number of benzene rings is 1. The Hall–Kier alpha value is -1.99. The number of aromatic nitrogens is 1. The zero-order valence-corrected chi connectivity index (χ0v) is 16.3. The highest BCUT2D eigenvalue weighted by Gasteiger charge is 2.26. The van der Waals surface area contributed by atoms with Gasteiger partial charge in [0, 0.05) is 31.9 Å². The van der Waals surface area contributed by atoms with Crippen molar-refractivity contribution in [2.45, 2.75) is 26.5 Å². The van der Waals surface area contributed by atoms with Crippen LogP contribution in [0.5, 0.6) is 0 Å². The van der Waals surface area contributed by atoms with Gasteiger partial charge in [-0.1, -0.05) is 23.4 Å². The number of nitrogens with zero attached hydrogens (tertiary/aromatic N) is 3. The van der Waals surface area contributed by atoms with E-state index in [-0.39, 0.29) is 11.7 Å². The molecule has 140 valence electrons. The molecule has 2 aromatic rings. The van der Waals surface area contributed by atoms with E-state index in [9.17, 15) is 9.35 Å². The Morgan fingerprint density at radius 1 is 1.19 bits per heavy atom. The molecule has 0 aliphatic carbocycles. The SMILES string of the molecule is Cc1ccccc1N1CCN(C(=O)C[S+]([O-])Cc2c(C)noc2C)CC1. The van der Waals surface area contributed by atoms with Crippen molar-refractivity contribution in [3.63, 3.8) is 0 Å². The van der Waals surface area contributed by atoms with Gasteiger partial charge in [-0.25, -0.2) is 0 Å². The first-order valence-corrected chi connectivity index (χ1v) is 10.3. The van der Waals surface area contributed by atoms with E-state index in [2.05, 4.69) is 29.1 Å². The van der Waals surface area contributed by atoms with E-state index in [1.54, 1.807) is 6.92 Å². The topological polar surface area (TPSA) is 72.6 Å². The van der Waals surface area contributed by atoms with Gasteiger partial charge in [0.1, 0.15) is 11.5 Å². The van der Waals surface area contributed by atoms with Gasteiger partial charge in [0.15, 0.2) is 5.75 Å². The molecule has 7 heteroatoms. The van der Waals surface area contributed by atoms with Crippen molar-refractivity contribution in [2.24, 2.45) is 0 Å². The number of piperazine rings is 1. The first kappa shape index (κ1) is 18.8. The maximum absolute atomic E-state index is 12.5. The van der Waals surface area contributed by atoms with Gasteiger partial charge in [0.25, 0.3) is 5.91 Å². The standard InChI is InChI=1S/C19H25N3O3S/c1-14-6-4-5-7-18(14)21-8-10-22(11-9-21)19(23)13-26(24)12-17-15(2)20-25-16(17)3/h4-7H,8-13H2,1-3H3. The molecular formula is C19H25N3O3S. The number of carbonyl (C=O) groups excluding carboxylic acids is 1. The first-order valence-electron chi connectivity index (χ1n) is 8.81. The Balaban J connectivity index is 1.51. The number of carbonyl (C=O) groups is 1. The summed E-state index contributed by atoms with van der Waals surface area (Å²) in [6, 6.07) is 8.29. The second kappa shape index (κ2) is 8.14. The fourth-order valence-corrected chi connectivity index (χ4v) is 4.56. The van der Waals surface area contributed by atoms with Crippen LogP contribution in [0.4, 0.5) is 5.69 Å². The van der Waals surface area contributed by atoms with Crippen LogP contribution in [0.25, 0.3) is 0 Å². The maximum Gasteiger partial charge on any atom is 0.272 e. The van der Waals surface area contributed by atoms with Crippen LogP contribution < -0.4 is 4.90 Å². The zero-order chi connectivity index (χ0) is 18.7. The summed E-state index contributed by atoms with van der Waals surface area (Å²) in [5, 5.41) is 3.87. The summed E-state index contributed by atoms with van der Waals surface area (Å²) in [7, 11) is 0. The van der Waals surface area contributed by atoms with Crippen LogP contribution in [0.15, 0.2) is 28.8 Å². The summed E-state index contributed by atoms with van der Waals surface area (Å²) in [5.41, 5.74) is 4.06. The molecule has 1 aliphatic rings. The Kier molecular flexibility index (Phi) is 5.88. The molecule has 0 bridgehead atoms. The van der Waals surface area contributed by atoms with Gasteiger partial charge in [0.2, 0.25) is 0 Å². The van der Waals surface area contributed by atoms with Crippen molar-refractivity contribution >= 4 is 22.8 Å². The monoisotopic (exact) mass is 375 g/mol. The Bertz CT molecular complexity index is 750. The van der Waals surface area contributed by atoms with Crippen LogP contribution in [0.3, 0.4) is 0 Å². The molecule has 1 saturated heterocycles. The van der Waals surface area contributed by atoms with Crippen molar-refractivity contribution < 1.29 is 13.9 Å². The molecule has 1 aromatic heterocycles. The van der Waals surface area contributed by atoms with Gasteiger partial charge >= 0.3 is 0 Å². The summed E-state index contributed by atoms with van der Waals surface area (Å²) in [4.78, 5) is 16.6. The summed E-state index contributed by atoms with van der Waals surface area (Å²) in [5.74, 6) is 1.000. The maximum atomic E-state index is 12.5. The van der Waals surface area contributed by atoms with E-state index >= 15 is 0 Å². The van der Waals surface area contributed by atoms with Crippen LogP contribution in [-0.2, 0) is 21.7 Å². The van der Waals surface area contributed by atoms with Crippen molar-refractivity contribution in [3.05, 3.63) is 46.8 Å². The molecule has 0 N–H and O–H groups in total. The number of para-hydroxylation sites is 1. The molecule has 1 fully saturated rings. The number of hydrogen-bond acceptors (Lipinski definition) is 5. The zero-order valence-electron chi connectivity index (χ0n) is 15.5. The molecule has 0 radical (unpaired) electrons. The van der Waals surface area contributed by atoms with E-state index < -0.39 is 11.2 Å². The molecule has 1 amide bonds. The average Bonchev–Trinajstić information content (AvgIpc) is 2.94. The van der Waals surface area contributed by atoms with Crippen molar-refractivity contribution in [2.75, 3.05) is 36.8 Å². The van der Waals surface area contributed by atoms with Crippen LogP contribution in [-0.4, -0.2) is 52.4 Å². The lowest BCUT2D eigenvalue weighted by Gasteiger charge is -2.36. The van der Waals surface area contributed by atoms with E-state index in [4.69, 9.17) is 4.52 Å². The number of hydrogen-bond donors (Lipinski definition) is 0. The predicted molar refractivity (Wildman–Crippen MR) is 103 cm³/mol. The van der Waals surface area contributed by atoms with Crippen LogP contribution in [0.2, 0.25) is 0 Å². The second-order valence-electron chi connectivity index (χ2n) is 6.69. The summed E-state index contributed by atoms with van der Waals surface area (Å²) in [6.45, 7) is 8.66. The number of amides is 1. The lowest BCUT2D eigenvalue weighted by Crippen LogP contribution is -2.50. The summed E-state index contributed by atoms with van der Waals surface area (Å²) >= 11 is -1.25. The number of rotatable bonds is 5. The highest BCUT2D eigenvalue weighted by atomic mass is 32.2. The molecule has 1 aromatic carbocycles. The highest BCUT2D eigenvalue weighted by molar-refractivity contribution is 7.91. The quantitative estimate of drug-likeness (QED) is 0.749. The minimum absolute atomic E-state index is 0.0421.